The zero-order valence-corrected chi connectivity index (χ0v) is 40.4. The van der Waals surface area contributed by atoms with Gasteiger partial charge in [0, 0.05) is 19.3 Å². The van der Waals surface area contributed by atoms with Gasteiger partial charge in [-0.2, -0.15) is 0 Å². The SMILES string of the molecule is CCCCCCCCCCCCCCC(=O)OC[C@@H](COC(=O)CCCCCCCCCCCCCCCCC(C)CC)OC(=O)CCCCCCCCCCC(C)C. The minimum Gasteiger partial charge on any atom is -0.462 e. The monoisotopic (exact) mass is 835 g/mol. The number of rotatable bonds is 47. The van der Waals surface area contributed by atoms with E-state index >= 15 is 0 Å². The van der Waals surface area contributed by atoms with Crippen molar-refractivity contribution >= 4 is 17.9 Å². The van der Waals surface area contributed by atoms with E-state index in [1.807, 2.05) is 0 Å². The van der Waals surface area contributed by atoms with Gasteiger partial charge in [0.2, 0.25) is 0 Å². The average molecular weight is 835 g/mol. The van der Waals surface area contributed by atoms with Gasteiger partial charge in [-0.05, 0) is 31.1 Å². The molecule has 350 valence electrons. The maximum atomic E-state index is 12.8. The Labute approximate surface area is 368 Å². The van der Waals surface area contributed by atoms with Crippen LogP contribution in [-0.4, -0.2) is 37.2 Å². The predicted molar refractivity (Wildman–Crippen MR) is 252 cm³/mol. The van der Waals surface area contributed by atoms with E-state index in [9.17, 15) is 14.4 Å². The molecule has 0 bridgehead atoms. The normalized spacial score (nSPS) is 12.5. The van der Waals surface area contributed by atoms with Crippen LogP contribution in [0.2, 0.25) is 0 Å². The Morgan fingerprint density at radius 1 is 0.356 bits per heavy atom. The molecule has 0 aromatic rings. The van der Waals surface area contributed by atoms with E-state index < -0.39 is 6.10 Å². The van der Waals surface area contributed by atoms with Gasteiger partial charge >= 0.3 is 17.9 Å². The number of hydrogen-bond acceptors (Lipinski definition) is 6. The van der Waals surface area contributed by atoms with Gasteiger partial charge in [0.15, 0.2) is 6.10 Å². The molecular formula is C53H102O6. The first kappa shape index (κ1) is 57.4. The van der Waals surface area contributed by atoms with Crippen molar-refractivity contribution in [1.82, 2.24) is 0 Å². The lowest BCUT2D eigenvalue weighted by Crippen LogP contribution is -2.30. The van der Waals surface area contributed by atoms with Gasteiger partial charge in [-0.1, -0.05) is 253 Å². The fourth-order valence-electron chi connectivity index (χ4n) is 7.96. The summed E-state index contributed by atoms with van der Waals surface area (Å²) in [4.78, 5) is 37.9. The second kappa shape index (κ2) is 45.9. The molecule has 0 rings (SSSR count). The molecule has 0 saturated heterocycles. The third-order valence-corrected chi connectivity index (χ3v) is 12.3. The van der Waals surface area contributed by atoms with Crippen molar-refractivity contribution in [2.24, 2.45) is 11.8 Å². The van der Waals surface area contributed by atoms with Crippen LogP contribution in [0.15, 0.2) is 0 Å². The van der Waals surface area contributed by atoms with E-state index in [4.69, 9.17) is 14.2 Å². The molecule has 0 aliphatic rings. The summed E-state index contributed by atoms with van der Waals surface area (Å²) in [6.07, 6.45) is 46.6. The summed E-state index contributed by atoms with van der Waals surface area (Å²) in [5, 5.41) is 0. The number of carbonyl (C=O) groups excluding carboxylic acids is 3. The Balaban J connectivity index is 4.26. The second-order valence-corrected chi connectivity index (χ2v) is 18.9. The fraction of sp³-hybridized carbons (Fsp3) is 0.943. The highest BCUT2D eigenvalue weighted by Gasteiger charge is 2.19. The molecule has 0 aromatic carbocycles. The van der Waals surface area contributed by atoms with E-state index in [2.05, 4.69) is 34.6 Å². The van der Waals surface area contributed by atoms with Gasteiger partial charge in [-0.25, -0.2) is 0 Å². The van der Waals surface area contributed by atoms with Crippen LogP contribution in [0.1, 0.15) is 291 Å². The first-order chi connectivity index (χ1) is 28.8. The number of ether oxygens (including phenoxy) is 3. The maximum absolute atomic E-state index is 12.8. The third-order valence-electron chi connectivity index (χ3n) is 12.3. The highest BCUT2D eigenvalue weighted by atomic mass is 16.6. The second-order valence-electron chi connectivity index (χ2n) is 18.9. The maximum Gasteiger partial charge on any atom is 0.306 e. The molecule has 6 nitrogen and oxygen atoms in total. The van der Waals surface area contributed by atoms with E-state index in [1.54, 1.807) is 0 Å². The highest BCUT2D eigenvalue weighted by Crippen LogP contribution is 2.18. The van der Waals surface area contributed by atoms with Gasteiger partial charge < -0.3 is 14.2 Å². The van der Waals surface area contributed by atoms with E-state index in [0.717, 1.165) is 69.6 Å². The third kappa shape index (κ3) is 45.8. The van der Waals surface area contributed by atoms with Crippen molar-refractivity contribution in [3.05, 3.63) is 0 Å². The average Bonchev–Trinajstić information content (AvgIpc) is 3.22. The molecule has 2 atom stereocenters. The summed E-state index contributed by atoms with van der Waals surface area (Å²) in [6, 6.07) is 0. The topological polar surface area (TPSA) is 78.9 Å². The quantitative estimate of drug-likeness (QED) is 0.0345. The Morgan fingerprint density at radius 2 is 0.644 bits per heavy atom. The summed E-state index contributed by atoms with van der Waals surface area (Å²) in [5.41, 5.74) is 0. The van der Waals surface area contributed by atoms with E-state index in [0.29, 0.717) is 19.3 Å². The summed E-state index contributed by atoms with van der Waals surface area (Å²) >= 11 is 0. The van der Waals surface area contributed by atoms with Crippen LogP contribution < -0.4 is 0 Å². The number of unbranched alkanes of at least 4 members (excludes halogenated alkanes) is 31. The predicted octanol–water partition coefficient (Wildman–Crippen LogP) is 16.9. The highest BCUT2D eigenvalue weighted by molar-refractivity contribution is 5.71. The van der Waals surface area contributed by atoms with Crippen molar-refractivity contribution in [3.63, 3.8) is 0 Å². The molecule has 1 unspecified atom stereocenters. The van der Waals surface area contributed by atoms with Crippen molar-refractivity contribution in [2.75, 3.05) is 13.2 Å². The van der Waals surface area contributed by atoms with Crippen LogP contribution in [0, 0.1) is 11.8 Å². The first-order valence-electron chi connectivity index (χ1n) is 26.3. The Kier molecular flexibility index (Phi) is 44.7. The van der Waals surface area contributed by atoms with Crippen LogP contribution in [0.3, 0.4) is 0 Å². The first-order valence-corrected chi connectivity index (χ1v) is 26.3. The van der Waals surface area contributed by atoms with Crippen molar-refractivity contribution < 1.29 is 28.6 Å². The molecular weight excluding hydrogens is 733 g/mol. The smallest absolute Gasteiger partial charge is 0.306 e. The van der Waals surface area contributed by atoms with Crippen LogP contribution >= 0.6 is 0 Å². The van der Waals surface area contributed by atoms with Crippen LogP contribution in [0.4, 0.5) is 0 Å². The minimum absolute atomic E-state index is 0.0640. The molecule has 0 aliphatic carbocycles. The summed E-state index contributed by atoms with van der Waals surface area (Å²) < 4.78 is 16.8. The van der Waals surface area contributed by atoms with Crippen LogP contribution in [0.25, 0.3) is 0 Å². The van der Waals surface area contributed by atoms with Crippen molar-refractivity contribution in [3.8, 4) is 0 Å². The zero-order chi connectivity index (χ0) is 43.3. The van der Waals surface area contributed by atoms with Gasteiger partial charge in [-0.3, -0.25) is 14.4 Å². The van der Waals surface area contributed by atoms with Gasteiger partial charge in [0.25, 0.3) is 0 Å². The minimum atomic E-state index is -0.761. The summed E-state index contributed by atoms with van der Waals surface area (Å²) in [5.74, 6) is 0.840. The van der Waals surface area contributed by atoms with Gasteiger partial charge in [-0.15, -0.1) is 0 Å². The molecule has 0 radical (unpaired) electrons. The number of hydrogen-bond donors (Lipinski definition) is 0. The van der Waals surface area contributed by atoms with Crippen molar-refractivity contribution in [2.45, 2.75) is 298 Å². The van der Waals surface area contributed by atoms with Crippen LogP contribution in [0.5, 0.6) is 0 Å². The molecule has 0 aliphatic heterocycles. The molecule has 59 heavy (non-hydrogen) atoms. The molecule has 0 amide bonds. The van der Waals surface area contributed by atoms with E-state index in [-0.39, 0.29) is 31.1 Å². The van der Waals surface area contributed by atoms with Gasteiger partial charge in [0.05, 0.1) is 0 Å². The lowest BCUT2D eigenvalue weighted by atomic mass is 9.99. The van der Waals surface area contributed by atoms with Crippen LogP contribution in [-0.2, 0) is 28.6 Å². The molecule has 0 saturated carbocycles. The molecule has 0 fully saturated rings. The molecule has 0 spiro atoms. The lowest BCUT2D eigenvalue weighted by Gasteiger charge is -2.18. The zero-order valence-electron chi connectivity index (χ0n) is 40.4. The lowest BCUT2D eigenvalue weighted by molar-refractivity contribution is -0.167. The fourth-order valence-corrected chi connectivity index (χ4v) is 7.96. The van der Waals surface area contributed by atoms with Crippen molar-refractivity contribution in [1.29, 1.82) is 0 Å². The number of carbonyl (C=O) groups is 3. The molecule has 0 N–H and O–H groups in total. The van der Waals surface area contributed by atoms with Gasteiger partial charge in [0.1, 0.15) is 13.2 Å². The number of esters is 3. The Hall–Kier alpha value is -1.59. The summed E-state index contributed by atoms with van der Waals surface area (Å²) in [7, 11) is 0. The summed E-state index contributed by atoms with van der Waals surface area (Å²) in [6.45, 7) is 11.4. The molecule has 0 aromatic heterocycles. The molecule has 6 heteroatoms. The standard InChI is InChI=1S/C53H102O6/c1-6-8-9-10-11-12-13-19-22-28-33-38-43-51(54)57-46-50(59-53(56)45-40-35-30-25-24-26-31-36-41-48(3)4)47-58-52(55)44-39-34-29-23-20-17-15-14-16-18-21-27-32-37-42-49(5)7-2/h48-50H,6-47H2,1-5H3/t49?,50-/m0/s1. The largest absolute Gasteiger partial charge is 0.462 e. The Bertz CT molecular complexity index is 902. The Morgan fingerprint density at radius 3 is 0.966 bits per heavy atom. The molecule has 0 heterocycles. The van der Waals surface area contributed by atoms with E-state index in [1.165, 1.54) is 180 Å².